The van der Waals surface area contributed by atoms with E-state index in [1.165, 1.54) is 51.4 Å². The molecule has 0 saturated heterocycles. The lowest BCUT2D eigenvalue weighted by atomic mass is 10.0. The molecule has 0 aromatic heterocycles. The number of carbonyl (C=O) groups excluding carboxylic acids is 2. The average molecular weight is 1240 g/mol. The topological polar surface area (TPSA) is 111 Å². The maximum atomic E-state index is 12.9. The Balaban J connectivity index is 4.16. The normalized spacial score (nSPS) is 14.3. The molecule has 496 valence electrons. The number of ether oxygens (including phenoxy) is 2. The molecule has 10 heteroatoms. The number of esters is 2. The lowest BCUT2D eigenvalue weighted by Gasteiger charge is -2.28. The van der Waals surface area contributed by atoms with E-state index >= 15 is 0 Å². The number of rotatable bonds is 61. The molecule has 0 aromatic rings. The number of hydrogen-bond donors (Lipinski definition) is 0. The summed E-state index contributed by atoms with van der Waals surface area (Å²) >= 11 is 0. The lowest BCUT2D eigenvalue weighted by molar-refractivity contribution is -0.870. The van der Waals surface area contributed by atoms with Gasteiger partial charge in [-0.25, -0.2) is 0 Å². The molecule has 0 fully saturated rings. The van der Waals surface area contributed by atoms with Crippen molar-refractivity contribution in [1.82, 2.24) is 0 Å². The Labute approximate surface area is 540 Å². The van der Waals surface area contributed by atoms with E-state index in [0.29, 0.717) is 23.9 Å². The van der Waals surface area contributed by atoms with Crippen molar-refractivity contribution < 1.29 is 42.1 Å². The van der Waals surface area contributed by atoms with E-state index in [1.807, 2.05) is 21.1 Å². The van der Waals surface area contributed by atoms with Gasteiger partial charge in [0.2, 0.25) is 0 Å². The molecule has 0 amide bonds. The van der Waals surface area contributed by atoms with Gasteiger partial charge >= 0.3 is 11.9 Å². The summed E-state index contributed by atoms with van der Waals surface area (Å²) in [6.45, 7) is 3.97. The van der Waals surface area contributed by atoms with Crippen LogP contribution < -0.4 is 4.89 Å². The monoisotopic (exact) mass is 1240 g/mol. The largest absolute Gasteiger partial charge is 0.756 e. The zero-order chi connectivity index (χ0) is 64.1. The highest BCUT2D eigenvalue weighted by Crippen LogP contribution is 2.38. The number of allylic oxidation sites excluding steroid dienone is 30. The van der Waals surface area contributed by atoms with Crippen molar-refractivity contribution in [3.8, 4) is 0 Å². The summed E-state index contributed by atoms with van der Waals surface area (Å²) in [4.78, 5) is 38.1. The van der Waals surface area contributed by atoms with Crippen LogP contribution >= 0.6 is 7.82 Å². The van der Waals surface area contributed by atoms with Gasteiger partial charge < -0.3 is 27.9 Å². The highest BCUT2D eigenvalue weighted by Gasteiger charge is 2.22. The molecule has 0 aliphatic carbocycles. The molecule has 0 saturated carbocycles. The van der Waals surface area contributed by atoms with Crippen molar-refractivity contribution in [2.75, 3.05) is 47.5 Å². The molecule has 0 heterocycles. The van der Waals surface area contributed by atoms with Crippen LogP contribution in [0.1, 0.15) is 245 Å². The first-order valence-electron chi connectivity index (χ1n) is 34.5. The Hall–Kier alpha value is -4.89. The molecule has 2 unspecified atom stereocenters. The second kappa shape index (κ2) is 66.5. The smallest absolute Gasteiger partial charge is 0.306 e. The Morgan fingerprint density at radius 1 is 0.352 bits per heavy atom. The van der Waals surface area contributed by atoms with Crippen LogP contribution in [0, 0.1) is 0 Å². The number of phosphoric acid groups is 1. The summed E-state index contributed by atoms with van der Waals surface area (Å²) < 4.78 is 34.3. The Kier molecular flexibility index (Phi) is 62.8. The number of nitrogens with zero attached hydrogens (tertiary/aromatic N) is 1. The molecule has 0 aliphatic rings. The van der Waals surface area contributed by atoms with Gasteiger partial charge in [-0.1, -0.05) is 280 Å². The van der Waals surface area contributed by atoms with Crippen molar-refractivity contribution in [3.63, 3.8) is 0 Å². The van der Waals surface area contributed by atoms with Crippen LogP contribution in [0.2, 0.25) is 0 Å². The molecular formula is C78H126NO8P. The summed E-state index contributed by atoms with van der Waals surface area (Å²) in [6.07, 6.45) is 102. The molecule has 0 radical (unpaired) electrons. The maximum Gasteiger partial charge on any atom is 0.306 e. The summed E-state index contributed by atoms with van der Waals surface area (Å²) in [5, 5.41) is 0. The van der Waals surface area contributed by atoms with E-state index in [2.05, 4.69) is 196 Å². The molecule has 0 aliphatic heterocycles. The van der Waals surface area contributed by atoms with Crippen molar-refractivity contribution in [2.24, 2.45) is 0 Å². The minimum atomic E-state index is -4.66. The third-order valence-electron chi connectivity index (χ3n) is 13.9. The van der Waals surface area contributed by atoms with Crippen LogP contribution in [-0.2, 0) is 32.7 Å². The lowest BCUT2D eigenvalue weighted by Crippen LogP contribution is -2.37. The standard InChI is InChI=1S/C78H126NO8P/c1-6-8-10-12-14-16-18-20-22-24-26-28-30-32-34-35-36-37-38-39-40-41-42-43-45-47-49-51-53-55-57-59-61-63-65-67-69-71-78(81)87-76(75-86-88(82,83)85-73-72-79(3,4)5)74-84-77(80)70-68-66-64-62-60-58-56-54-52-50-48-46-44-33-31-29-27-25-23-21-19-17-15-13-11-9-7-2/h8-11,14-17,20-23,26-29,32-34,36-37,39-40,42-44,48,50,54,56,76H,6-7,12-13,18-19,24-25,30-31,35,38,41,45-47,49,51-53,55,57-75H2,1-5H3/b10-8-,11-9-,16-14-,17-15-,22-20-,23-21-,28-26-,29-27-,34-32-,37-36-,40-39-,43-42-,44-33-,50-48-,56-54-. The highest BCUT2D eigenvalue weighted by atomic mass is 31.2. The SMILES string of the molecule is CC/C=C\C/C=C\C/C=C\C/C=C\C/C=C\C/C=C\C/C=C\C/C=C\CCCCCCCCCCCCCCC(=O)OC(COC(=O)CCCCCCC/C=C\C/C=C\C/C=C\C/C=C\C/C=C\C/C=C\C/C=C\CC)COP(=O)([O-])OCC[N+](C)(C)C. The zero-order valence-corrected chi connectivity index (χ0v) is 57.2. The van der Waals surface area contributed by atoms with Crippen molar-refractivity contribution in [2.45, 2.75) is 251 Å². The molecular weight excluding hydrogens is 1110 g/mol. The van der Waals surface area contributed by atoms with E-state index in [-0.39, 0.29) is 26.1 Å². The van der Waals surface area contributed by atoms with E-state index in [1.54, 1.807) is 0 Å². The molecule has 0 aromatic carbocycles. The highest BCUT2D eigenvalue weighted by molar-refractivity contribution is 7.45. The Morgan fingerprint density at radius 3 is 0.909 bits per heavy atom. The van der Waals surface area contributed by atoms with Gasteiger partial charge in [0.15, 0.2) is 6.10 Å². The van der Waals surface area contributed by atoms with E-state index < -0.39 is 32.5 Å². The van der Waals surface area contributed by atoms with Crippen LogP contribution in [0.15, 0.2) is 182 Å². The van der Waals surface area contributed by atoms with Crippen molar-refractivity contribution >= 4 is 19.8 Å². The first kappa shape index (κ1) is 83.1. The Bertz CT molecular complexity index is 2140. The molecule has 0 spiro atoms. The first-order valence-corrected chi connectivity index (χ1v) is 36.0. The number of phosphoric ester groups is 1. The van der Waals surface area contributed by atoms with Crippen LogP contribution in [0.5, 0.6) is 0 Å². The second-order valence-corrected chi connectivity index (χ2v) is 24.8. The minimum absolute atomic E-state index is 0.0443. The van der Waals surface area contributed by atoms with Gasteiger partial charge in [-0.3, -0.25) is 14.2 Å². The molecule has 0 bridgehead atoms. The minimum Gasteiger partial charge on any atom is -0.756 e. The summed E-state index contributed by atoms with van der Waals surface area (Å²) in [7, 11) is 1.13. The molecule has 88 heavy (non-hydrogen) atoms. The van der Waals surface area contributed by atoms with Crippen LogP contribution in [0.25, 0.3) is 0 Å². The number of carbonyl (C=O) groups is 2. The van der Waals surface area contributed by atoms with Crippen LogP contribution in [-0.4, -0.2) is 70.0 Å². The predicted octanol–water partition coefficient (Wildman–Crippen LogP) is 22.1. The third-order valence-corrected chi connectivity index (χ3v) is 14.9. The van der Waals surface area contributed by atoms with E-state index in [9.17, 15) is 19.0 Å². The van der Waals surface area contributed by atoms with E-state index in [0.717, 1.165) is 154 Å². The van der Waals surface area contributed by atoms with Gasteiger partial charge in [-0.05, 0) is 135 Å². The molecule has 0 rings (SSSR count). The quantitative estimate of drug-likeness (QED) is 0.0195. The molecule has 0 N–H and O–H groups in total. The maximum absolute atomic E-state index is 12.9. The van der Waals surface area contributed by atoms with Gasteiger partial charge in [0, 0.05) is 12.8 Å². The van der Waals surface area contributed by atoms with E-state index in [4.69, 9.17) is 18.5 Å². The van der Waals surface area contributed by atoms with Gasteiger partial charge in [0.1, 0.15) is 19.8 Å². The molecule has 2 atom stereocenters. The zero-order valence-electron chi connectivity index (χ0n) is 56.3. The van der Waals surface area contributed by atoms with Crippen LogP contribution in [0.3, 0.4) is 0 Å². The number of unbranched alkanes of at least 4 members (excludes halogenated alkanes) is 17. The average Bonchev–Trinajstić information content (AvgIpc) is 3.68. The van der Waals surface area contributed by atoms with Gasteiger partial charge in [0.25, 0.3) is 7.82 Å². The fourth-order valence-electron chi connectivity index (χ4n) is 8.71. The summed E-state index contributed by atoms with van der Waals surface area (Å²) in [6, 6.07) is 0. The summed E-state index contributed by atoms with van der Waals surface area (Å²) in [5.74, 6) is -0.869. The fraction of sp³-hybridized carbons (Fsp3) is 0.590. The first-order chi connectivity index (χ1) is 43.0. The number of likely N-dealkylation sites (N-methyl/N-ethyl adjacent to an activating group) is 1. The summed E-state index contributed by atoms with van der Waals surface area (Å²) in [5.41, 5.74) is 0. The van der Waals surface area contributed by atoms with Crippen molar-refractivity contribution in [1.29, 1.82) is 0 Å². The molecule has 9 nitrogen and oxygen atoms in total. The predicted molar refractivity (Wildman–Crippen MR) is 378 cm³/mol. The van der Waals surface area contributed by atoms with Crippen LogP contribution in [0.4, 0.5) is 0 Å². The third kappa shape index (κ3) is 70.2. The second-order valence-electron chi connectivity index (χ2n) is 23.4. The van der Waals surface area contributed by atoms with Gasteiger partial charge in [-0.2, -0.15) is 0 Å². The van der Waals surface area contributed by atoms with Gasteiger partial charge in [-0.15, -0.1) is 0 Å². The Morgan fingerprint density at radius 2 is 0.614 bits per heavy atom. The number of quaternary nitrogens is 1. The van der Waals surface area contributed by atoms with Gasteiger partial charge in [0.05, 0.1) is 27.7 Å². The fourth-order valence-corrected chi connectivity index (χ4v) is 9.44. The number of hydrogen-bond acceptors (Lipinski definition) is 8. The van der Waals surface area contributed by atoms with Crippen molar-refractivity contribution in [3.05, 3.63) is 182 Å².